The minimum Gasteiger partial charge on any atom is -0.354 e. The molecule has 0 bridgehead atoms. The first-order valence-electron chi connectivity index (χ1n) is 11.7. The summed E-state index contributed by atoms with van der Waals surface area (Å²) >= 11 is 0. The Balaban J connectivity index is 1.31. The number of rotatable bonds is 5. The lowest BCUT2D eigenvalue weighted by Crippen LogP contribution is -2.46. The molecule has 0 saturated carbocycles. The van der Waals surface area contributed by atoms with Crippen molar-refractivity contribution in [2.75, 3.05) is 18.0 Å². The van der Waals surface area contributed by atoms with Gasteiger partial charge in [-0.2, -0.15) is 0 Å². The summed E-state index contributed by atoms with van der Waals surface area (Å²) in [7, 11) is 0. The molecule has 0 aromatic heterocycles. The number of fused-ring (bicyclic) bond motifs is 2. The monoisotopic (exact) mass is 439 g/mol. The van der Waals surface area contributed by atoms with E-state index in [9.17, 15) is 9.59 Å². The maximum atomic E-state index is 13.4. The highest BCUT2D eigenvalue weighted by Gasteiger charge is 2.38. The molecule has 0 radical (unpaired) electrons. The van der Waals surface area contributed by atoms with E-state index in [0.29, 0.717) is 25.1 Å². The van der Waals surface area contributed by atoms with Gasteiger partial charge in [-0.05, 0) is 42.2 Å². The first-order chi connectivity index (χ1) is 16.2. The zero-order chi connectivity index (χ0) is 22.6. The van der Waals surface area contributed by atoms with Crippen molar-refractivity contribution in [3.05, 3.63) is 102 Å². The van der Waals surface area contributed by atoms with Crippen molar-refractivity contribution >= 4 is 17.5 Å². The van der Waals surface area contributed by atoms with E-state index in [1.807, 2.05) is 77.7 Å². The fraction of sp³-hybridized carbons (Fsp3) is 0.286. The van der Waals surface area contributed by atoms with Gasteiger partial charge in [-0.15, -0.1) is 0 Å². The van der Waals surface area contributed by atoms with E-state index < -0.39 is 0 Å². The average molecular weight is 440 g/mol. The predicted octanol–water partition coefficient (Wildman–Crippen LogP) is 4.04. The molecule has 1 fully saturated rings. The Labute approximate surface area is 195 Å². The first-order valence-corrected chi connectivity index (χ1v) is 11.7. The molecule has 1 saturated heterocycles. The lowest BCUT2D eigenvalue weighted by molar-refractivity contribution is -0.120. The third kappa shape index (κ3) is 4.69. The average Bonchev–Trinajstić information content (AvgIpc) is 3.15. The van der Waals surface area contributed by atoms with Gasteiger partial charge in [0.1, 0.15) is 0 Å². The van der Waals surface area contributed by atoms with Gasteiger partial charge in [0.05, 0.1) is 6.42 Å². The van der Waals surface area contributed by atoms with E-state index in [-0.39, 0.29) is 23.9 Å². The molecule has 1 N–H and O–H groups in total. The Morgan fingerprint density at radius 3 is 2.33 bits per heavy atom. The van der Waals surface area contributed by atoms with Crippen molar-refractivity contribution < 1.29 is 9.59 Å². The van der Waals surface area contributed by atoms with E-state index in [1.54, 1.807) is 0 Å². The second-order valence-corrected chi connectivity index (χ2v) is 8.93. The van der Waals surface area contributed by atoms with Gasteiger partial charge in [0.15, 0.2) is 0 Å². The molecule has 0 spiro atoms. The van der Waals surface area contributed by atoms with Gasteiger partial charge >= 0.3 is 0 Å². The molecule has 2 atom stereocenters. The van der Waals surface area contributed by atoms with E-state index in [4.69, 9.17) is 0 Å². The molecule has 168 valence electrons. The molecule has 5 nitrogen and oxygen atoms in total. The van der Waals surface area contributed by atoms with E-state index in [2.05, 4.69) is 22.3 Å². The highest BCUT2D eigenvalue weighted by atomic mass is 16.2. The molecule has 0 unspecified atom stereocenters. The number of carbonyl (C=O) groups excluding carboxylic acids is 2. The second kappa shape index (κ2) is 9.59. The topological polar surface area (TPSA) is 52.7 Å². The molecule has 2 heterocycles. The summed E-state index contributed by atoms with van der Waals surface area (Å²) in [6.07, 6.45) is 2.44. The molecule has 5 rings (SSSR count). The number of hydrogen-bond donors (Lipinski definition) is 1. The van der Waals surface area contributed by atoms with Crippen LogP contribution in [0.5, 0.6) is 0 Å². The number of carbonyl (C=O) groups is 2. The number of nitrogens with one attached hydrogen (secondary N) is 1. The standard InChI is InChI=1S/C28H29N3O2/c32-27(17-21-9-3-1-4-10-21)29-18-24-15-16-25-20-31(28(33)22-11-5-2-6-12-22)26-14-8-7-13-23(26)19-30(24)25/h1-14,24-25H,15-20H2,(H,29,32)/t24-,25-/m0/s1. The fourth-order valence-corrected chi connectivity index (χ4v) is 5.11. The summed E-state index contributed by atoms with van der Waals surface area (Å²) in [5.41, 5.74) is 3.89. The van der Waals surface area contributed by atoms with Crippen LogP contribution < -0.4 is 10.2 Å². The first kappa shape index (κ1) is 21.4. The van der Waals surface area contributed by atoms with Crippen molar-refractivity contribution in [3.8, 4) is 0 Å². The molecule has 2 aliphatic heterocycles. The quantitative estimate of drug-likeness (QED) is 0.653. The molecular formula is C28H29N3O2. The van der Waals surface area contributed by atoms with Crippen LogP contribution in [-0.2, 0) is 17.8 Å². The third-order valence-corrected chi connectivity index (χ3v) is 6.81. The van der Waals surface area contributed by atoms with E-state index in [0.717, 1.165) is 36.2 Å². The number of para-hydroxylation sites is 1. The van der Waals surface area contributed by atoms with Gasteiger partial charge in [-0.3, -0.25) is 14.5 Å². The van der Waals surface area contributed by atoms with Crippen molar-refractivity contribution in [2.24, 2.45) is 0 Å². The summed E-state index contributed by atoms with van der Waals surface area (Å²) < 4.78 is 0. The zero-order valence-corrected chi connectivity index (χ0v) is 18.7. The summed E-state index contributed by atoms with van der Waals surface area (Å²) in [5.74, 6) is 0.102. The maximum Gasteiger partial charge on any atom is 0.258 e. The van der Waals surface area contributed by atoms with Crippen LogP contribution in [-0.4, -0.2) is 41.9 Å². The Kier molecular flexibility index (Phi) is 6.22. The Morgan fingerprint density at radius 2 is 1.55 bits per heavy atom. The van der Waals surface area contributed by atoms with Gasteiger partial charge in [-0.1, -0.05) is 66.7 Å². The largest absolute Gasteiger partial charge is 0.354 e. The van der Waals surface area contributed by atoms with Gasteiger partial charge < -0.3 is 10.2 Å². The highest BCUT2D eigenvalue weighted by Crippen LogP contribution is 2.35. The van der Waals surface area contributed by atoms with Gasteiger partial charge in [0.25, 0.3) is 5.91 Å². The summed E-state index contributed by atoms with van der Waals surface area (Å²) in [6, 6.07) is 28.1. The molecule has 0 aliphatic carbocycles. The summed E-state index contributed by atoms with van der Waals surface area (Å²) in [5, 5.41) is 3.15. The zero-order valence-electron chi connectivity index (χ0n) is 18.7. The van der Waals surface area contributed by atoms with Gasteiger partial charge in [-0.25, -0.2) is 0 Å². The number of nitrogens with zero attached hydrogens (tertiary/aromatic N) is 2. The van der Waals surface area contributed by atoms with E-state index >= 15 is 0 Å². The number of benzene rings is 3. The summed E-state index contributed by atoms with van der Waals surface area (Å²) in [4.78, 5) is 30.4. The SMILES string of the molecule is O=C(Cc1ccccc1)NC[C@@H]1CC[C@H]2CN(C(=O)c3ccccc3)c3ccccc3CN12. The normalized spacial score (nSPS) is 19.9. The Morgan fingerprint density at radius 1 is 0.848 bits per heavy atom. The predicted molar refractivity (Wildman–Crippen MR) is 130 cm³/mol. The van der Waals surface area contributed by atoms with Crippen molar-refractivity contribution in [3.63, 3.8) is 0 Å². The molecule has 5 heteroatoms. The Bertz CT molecular complexity index is 1120. The van der Waals surface area contributed by atoms with Crippen LogP contribution in [0.15, 0.2) is 84.9 Å². The number of amides is 2. The second-order valence-electron chi connectivity index (χ2n) is 8.93. The molecule has 33 heavy (non-hydrogen) atoms. The van der Waals surface area contributed by atoms with Gasteiger partial charge in [0.2, 0.25) is 5.91 Å². The van der Waals surface area contributed by atoms with Crippen LogP contribution in [0.3, 0.4) is 0 Å². The van der Waals surface area contributed by atoms with Crippen LogP contribution in [0.2, 0.25) is 0 Å². The van der Waals surface area contributed by atoms with Crippen molar-refractivity contribution in [1.29, 1.82) is 0 Å². The molecular weight excluding hydrogens is 410 g/mol. The third-order valence-electron chi connectivity index (χ3n) is 6.81. The minimum absolute atomic E-state index is 0.0458. The van der Waals surface area contributed by atoms with Crippen LogP contribution in [0, 0.1) is 0 Å². The number of anilines is 1. The van der Waals surface area contributed by atoms with Crippen LogP contribution in [0.4, 0.5) is 5.69 Å². The lowest BCUT2D eigenvalue weighted by atomic mass is 10.1. The van der Waals surface area contributed by atoms with Crippen LogP contribution >= 0.6 is 0 Å². The maximum absolute atomic E-state index is 13.4. The lowest BCUT2D eigenvalue weighted by Gasteiger charge is -2.29. The molecule has 2 amide bonds. The molecule has 3 aromatic rings. The highest BCUT2D eigenvalue weighted by molar-refractivity contribution is 6.06. The molecule has 3 aromatic carbocycles. The van der Waals surface area contributed by atoms with Crippen molar-refractivity contribution in [1.82, 2.24) is 10.2 Å². The fourth-order valence-electron chi connectivity index (χ4n) is 5.11. The number of hydrogen-bond acceptors (Lipinski definition) is 3. The van der Waals surface area contributed by atoms with Crippen molar-refractivity contribution in [2.45, 2.75) is 37.9 Å². The van der Waals surface area contributed by atoms with E-state index in [1.165, 1.54) is 0 Å². The Hall–Kier alpha value is -3.44. The van der Waals surface area contributed by atoms with Gasteiger partial charge in [0, 0.05) is 43.0 Å². The minimum atomic E-state index is 0.0458. The van der Waals surface area contributed by atoms with Crippen LogP contribution in [0.1, 0.15) is 34.3 Å². The smallest absolute Gasteiger partial charge is 0.258 e. The summed E-state index contributed by atoms with van der Waals surface area (Å²) in [6.45, 7) is 2.09. The molecule has 2 aliphatic rings. The van der Waals surface area contributed by atoms with Crippen LogP contribution in [0.25, 0.3) is 0 Å².